The van der Waals surface area contributed by atoms with E-state index in [1.54, 1.807) is 6.26 Å². The second-order valence-electron chi connectivity index (χ2n) is 3.79. The minimum Gasteiger partial charge on any atom is -0.466 e. The van der Waals surface area contributed by atoms with Crippen LogP contribution < -0.4 is 5.32 Å². The fourth-order valence-corrected chi connectivity index (χ4v) is 3.25. The second kappa shape index (κ2) is 6.54. The van der Waals surface area contributed by atoms with Crippen LogP contribution in [0, 0.1) is 3.57 Å². The van der Waals surface area contributed by atoms with Crippen LogP contribution in [0.5, 0.6) is 0 Å². The molecule has 1 heterocycles. The van der Waals surface area contributed by atoms with E-state index in [9.17, 15) is 0 Å². The van der Waals surface area contributed by atoms with E-state index in [0.29, 0.717) is 0 Å². The molecule has 0 spiro atoms. The molecule has 2 nitrogen and oxygen atoms in total. The van der Waals surface area contributed by atoms with Crippen molar-refractivity contribution in [3.8, 4) is 0 Å². The minimum atomic E-state index is 0.0591. The van der Waals surface area contributed by atoms with Gasteiger partial charge in [0.15, 0.2) is 0 Å². The van der Waals surface area contributed by atoms with Gasteiger partial charge in [0, 0.05) is 8.04 Å². The molecule has 1 N–H and O–H groups in total. The van der Waals surface area contributed by atoms with Crippen molar-refractivity contribution in [2.75, 3.05) is 6.54 Å². The highest BCUT2D eigenvalue weighted by atomic mass is 127. The first kappa shape index (κ1) is 14.6. The summed E-state index contributed by atoms with van der Waals surface area (Å²) in [5.74, 6) is 0.910. The summed E-state index contributed by atoms with van der Waals surface area (Å²) in [6, 6.07) is 8.25. The lowest BCUT2D eigenvalue weighted by Crippen LogP contribution is -2.22. The van der Waals surface area contributed by atoms with Crippen LogP contribution >= 0.6 is 54.5 Å². The quantitative estimate of drug-likeness (QED) is 0.610. The Morgan fingerprint density at radius 1 is 1.33 bits per heavy atom. The summed E-state index contributed by atoms with van der Waals surface area (Å²) >= 11 is 9.40. The van der Waals surface area contributed by atoms with Crippen LogP contribution in [-0.2, 0) is 0 Å². The third-order valence-corrected chi connectivity index (χ3v) is 4.72. The molecule has 1 atom stereocenters. The molecule has 2 rings (SSSR count). The molecule has 0 fully saturated rings. The maximum Gasteiger partial charge on any atom is 0.139 e. The van der Waals surface area contributed by atoms with Gasteiger partial charge in [0.2, 0.25) is 0 Å². The summed E-state index contributed by atoms with van der Waals surface area (Å²) in [7, 11) is 0. The van der Waals surface area contributed by atoms with Crippen molar-refractivity contribution < 1.29 is 4.42 Å². The maximum atomic E-state index is 5.60. The zero-order valence-electron chi connectivity index (χ0n) is 9.71. The average Bonchev–Trinajstić information content (AvgIpc) is 2.76. The first-order chi connectivity index (χ1) is 8.63. The molecule has 0 aliphatic rings. The van der Waals surface area contributed by atoms with Crippen LogP contribution in [-0.4, -0.2) is 6.54 Å². The van der Waals surface area contributed by atoms with Crippen molar-refractivity contribution in [3.63, 3.8) is 0 Å². The van der Waals surface area contributed by atoms with E-state index < -0.39 is 0 Å². The normalized spacial score (nSPS) is 12.7. The number of hydrogen-bond donors (Lipinski definition) is 1. The summed E-state index contributed by atoms with van der Waals surface area (Å²) < 4.78 is 8.88. The predicted molar refractivity (Wildman–Crippen MR) is 88.8 cm³/mol. The van der Waals surface area contributed by atoms with Gasteiger partial charge >= 0.3 is 0 Å². The second-order valence-corrected chi connectivity index (χ2v) is 6.72. The Bertz CT molecular complexity index is 542. The molecule has 1 aromatic carbocycles. The Labute approximate surface area is 137 Å². The maximum absolute atomic E-state index is 5.60. The Kier molecular flexibility index (Phi) is 5.29. The Morgan fingerprint density at radius 3 is 2.72 bits per heavy atom. The number of furan rings is 1. The van der Waals surface area contributed by atoms with Crippen molar-refractivity contribution in [2.24, 2.45) is 0 Å². The molecular weight excluding hydrogens is 473 g/mol. The molecule has 96 valence electrons. The molecule has 1 unspecified atom stereocenters. The highest BCUT2D eigenvalue weighted by molar-refractivity contribution is 14.1. The molecule has 0 radical (unpaired) electrons. The first-order valence-corrected chi connectivity index (χ1v) is 8.21. The smallest absolute Gasteiger partial charge is 0.139 e. The van der Waals surface area contributed by atoms with E-state index in [4.69, 9.17) is 4.42 Å². The molecule has 18 heavy (non-hydrogen) atoms. The van der Waals surface area contributed by atoms with Gasteiger partial charge in [0.1, 0.15) is 5.76 Å². The van der Waals surface area contributed by atoms with Crippen LogP contribution in [0.25, 0.3) is 0 Å². The third-order valence-electron chi connectivity index (χ3n) is 2.58. The van der Waals surface area contributed by atoms with Crippen molar-refractivity contribution in [1.29, 1.82) is 0 Å². The van der Waals surface area contributed by atoms with Gasteiger partial charge in [-0.1, -0.05) is 22.9 Å². The highest BCUT2D eigenvalue weighted by Gasteiger charge is 2.21. The van der Waals surface area contributed by atoms with E-state index in [1.807, 2.05) is 12.1 Å². The van der Waals surface area contributed by atoms with Gasteiger partial charge in [-0.15, -0.1) is 0 Å². The summed E-state index contributed by atoms with van der Waals surface area (Å²) in [5.41, 5.74) is 1.21. The van der Waals surface area contributed by atoms with Gasteiger partial charge in [-0.25, -0.2) is 0 Å². The van der Waals surface area contributed by atoms with E-state index in [2.05, 4.69) is 78.8 Å². The molecule has 0 bridgehead atoms. The highest BCUT2D eigenvalue weighted by Crippen LogP contribution is 2.33. The molecular formula is C13H12Br2INO. The number of halogens is 3. The van der Waals surface area contributed by atoms with Crippen molar-refractivity contribution in [2.45, 2.75) is 13.0 Å². The molecule has 5 heteroatoms. The SMILES string of the molecule is CCNC(c1cc(Br)ccc1I)c1occc1Br. The van der Waals surface area contributed by atoms with Gasteiger partial charge < -0.3 is 9.73 Å². The standard InChI is InChI=1S/C13H12Br2INO/c1-2-17-12(13-10(15)5-6-18-13)9-7-8(14)3-4-11(9)16/h3-7,12,17H,2H2,1H3. The largest absolute Gasteiger partial charge is 0.466 e. The number of benzene rings is 1. The monoisotopic (exact) mass is 483 g/mol. The fourth-order valence-electron chi connectivity index (χ4n) is 1.80. The molecule has 0 saturated heterocycles. The first-order valence-electron chi connectivity index (χ1n) is 5.54. The number of hydrogen-bond acceptors (Lipinski definition) is 2. The topological polar surface area (TPSA) is 25.2 Å². The fraction of sp³-hybridized carbons (Fsp3) is 0.231. The molecule has 0 amide bonds. The Hall–Kier alpha value is 0.150. The van der Waals surface area contributed by atoms with Gasteiger partial charge in [0.25, 0.3) is 0 Å². The summed E-state index contributed by atoms with van der Waals surface area (Å²) in [6.07, 6.45) is 1.70. The Balaban J connectivity index is 2.48. The van der Waals surface area contributed by atoms with Gasteiger partial charge in [-0.05, 0) is 74.9 Å². The molecule has 1 aromatic heterocycles. The summed E-state index contributed by atoms with van der Waals surface area (Å²) in [4.78, 5) is 0. The summed E-state index contributed by atoms with van der Waals surface area (Å²) in [6.45, 7) is 2.97. The van der Waals surface area contributed by atoms with E-state index >= 15 is 0 Å². The minimum absolute atomic E-state index is 0.0591. The van der Waals surface area contributed by atoms with E-state index in [0.717, 1.165) is 21.3 Å². The molecule has 2 aromatic rings. The number of nitrogens with one attached hydrogen (secondary N) is 1. The van der Waals surface area contributed by atoms with Gasteiger partial charge in [-0.3, -0.25) is 0 Å². The van der Waals surface area contributed by atoms with Gasteiger partial charge in [0.05, 0.1) is 16.8 Å². The predicted octanol–water partition coefficient (Wildman–Crippen LogP) is 5.11. The van der Waals surface area contributed by atoms with E-state index in [-0.39, 0.29) is 6.04 Å². The van der Waals surface area contributed by atoms with Crippen LogP contribution in [0.15, 0.2) is 43.9 Å². The molecule has 0 aliphatic carbocycles. The molecule has 0 aliphatic heterocycles. The van der Waals surface area contributed by atoms with Crippen molar-refractivity contribution >= 4 is 54.5 Å². The van der Waals surface area contributed by atoms with E-state index in [1.165, 1.54) is 9.13 Å². The van der Waals surface area contributed by atoms with Crippen molar-refractivity contribution in [1.82, 2.24) is 5.32 Å². The van der Waals surface area contributed by atoms with Crippen LogP contribution in [0.4, 0.5) is 0 Å². The average molecular weight is 485 g/mol. The van der Waals surface area contributed by atoms with Crippen LogP contribution in [0.1, 0.15) is 24.3 Å². The zero-order valence-corrected chi connectivity index (χ0v) is 15.0. The number of rotatable bonds is 4. The van der Waals surface area contributed by atoms with Gasteiger partial charge in [-0.2, -0.15) is 0 Å². The van der Waals surface area contributed by atoms with Crippen LogP contribution in [0.3, 0.4) is 0 Å². The lowest BCUT2D eigenvalue weighted by Gasteiger charge is -2.18. The lowest BCUT2D eigenvalue weighted by atomic mass is 10.0. The van der Waals surface area contributed by atoms with Crippen molar-refractivity contribution in [3.05, 3.63) is 54.4 Å². The molecule has 0 saturated carbocycles. The zero-order chi connectivity index (χ0) is 13.1. The Morgan fingerprint density at radius 2 is 2.11 bits per heavy atom. The lowest BCUT2D eigenvalue weighted by molar-refractivity contribution is 0.449. The third kappa shape index (κ3) is 3.18. The summed E-state index contributed by atoms with van der Waals surface area (Å²) in [5, 5.41) is 3.46. The van der Waals surface area contributed by atoms with Crippen LogP contribution in [0.2, 0.25) is 0 Å².